The number of thioether (sulfide) groups is 1. The average molecular weight is 377 g/mol. The second-order valence-corrected chi connectivity index (χ2v) is 7.96. The zero-order valence-electron chi connectivity index (χ0n) is 14.4. The summed E-state index contributed by atoms with van der Waals surface area (Å²) in [6, 6.07) is 3.79. The number of carbonyl (C=O) groups excluding carboxylic acids is 1. The molecule has 25 heavy (non-hydrogen) atoms. The molecular weight excluding hydrogens is 358 g/mol. The van der Waals surface area contributed by atoms with E-state index in [4.69, 9.17) is 4.42 Å². The second kappa shape index (κ2) is 7.40. The average Bonchev–Trinajstić information content (AvgIpc) is 3.27. The van der Waals surface area contributed by atoms with Crippen molar-refractivity contribution in [3.8, 4) is 11.6 Å². The van der Waals surface area contributed by atoms with E-state index in [1.165, 1.54) is 23.1 Å². The van der Waals surface area contributed by atoms with Crippen LogP contribution >= 0.6 is 23.1 Å². The van der Waals surface area contributed by atoms with Gasteiger partial charge in [0.05, 0.1) is 17.2 Å². The van der Waals surface area contributed by atoms with Crippen LogP contribution < -0.4 is 5.32 Å². The van der Waals surface area contributed by atoms with Gasteiger partial charge >= 0.3 is 0 Å². The van der Waals surface area contributed by atoms with Crippen LogP contribution in [0.3, 0.4) is 0 Å². The molecule has 1 N–H and O–H groups in total. The summed E-state index contributed by atoms with van der Waals surface area (Å²) in [5, 5.41) is 14.2. The first-order valence-corrected chi connectivity index (χ1v) is 9.60. The van der Waals surface area contributed by atoms with E-state index >= 15 is 0 Å². The van der Waals surface area contributed by atoms with Crippen LogP contribution in [-0.4, -0.2) is 30.9 Å². The Balaban J connectivity index is 1.76. The molecule has 0 aliphatic carbocycles. The number of rotatable bonds is 6. The summed E-state index contributed by atoms with van der Waals surface area (Å²) in [7, 11) is 0. The zero-order valence-corrected chi connectivity index (χ0v) is 16.0. The molecular formula is C16H19N5O2S2. The molecule has 0 radical (unpaired) electrons. The van der Waals surface area contributed by atoms with Crippen molar-refractivity contribution >= 4 is 34.1 Å². The molecule has 0 saturated heterocycles. The molecule has 0 aliphatic heterocycles. The van der Waals surface area contributed by atoms with E-state index in [1.54, 1.807) is 6.26 Å². The number of nitrogens with zero attached hydrogens (tertiary/aromatic N) is 4. The van der Waals surface area contributed by atoms with Crippen molar-refractivity contribution in [2.24, 2.45) is 0 Å². The fourth-order valence-electron chi connectivity index (χ4n) is 2.23. The molecule has 132 valence electrons. The lowest BCUT2D eigenvalue weighted by molar-refractivity contribution is -0.115. The van der Waals surface area contributed by atoms with Gasteiger partial charge in [0.15, 0.2) is 16.0 Å². The number of nitrogens with one attached hydrogen (secondary N) is 1. The zero-order chi connectivity index (χ0) is 18.0. The first kappa shape index (κ1) is 17.7. The molecule has 0 aromatic carbocycles. The van der Waals surface area contributed by atoms with E-state index in [0.29, 0.717) is 21.9 Å². The van der Waals surface area contributed by atoms with E-state index in [9.17, 15) is 4.79 Å². The van der Waals surface area contributed by atoms with Crippen molar-refractivity contribution in [3.05, 3.63) is 29.5 Å². The van der Waals surface area contributed by atoms with Crippen molar-refractivity contribution in [1.29, 1.82) is 0 Å². The first-order valence-electron chi connectivity index (χ1n) is 7.84. The SMILES string of the molecule is Cc1csc(NC(=O)C(C)Sc2nnc(-c3ccco3)n2C(C)C)n1. The monoisotopic (exact) mass is 377 g/mol. The lowest BCUT2D eigenvalue weighted by Gasteiger charge is -2.15. The molecule has 3 rings (SSSR count). The van der Waals surface area contributed by atoms with Gasteiger partial charge in [-0.05, 0) is 39.8 Å². The summed E-state index contributed by atoms with van der Waals surface area (Å²) in [5.74, 6) is 1.20. The maximum Gasteiger partial charge on any atom is 0.239 e. The number of aryl methyl sites for hydroxylation is 1. The Bertz CT molecular complexity index is 854. The van der Waals surface area contributed by atoms with Gasteiger partial charge in [-0.15, -0.1) is 21.5 Å². The molecule has 1 atom stereocenters. The third-order valence-corrected chi connectivity index (χ3v) is 5.36. The largest absolute Gasteiger partial charge is 0.461 e. The van der Waals surface area contributed by atoms with Gasteiger partial charge in [-0.1, -0.05) is 11.8 Å². The number of anilines is 1. The number of hydrogen-bond donors (Lipinski definition) is 1. The summed E-state index contributed by atoms with van der Waals surface area (Å²) in [6.45, 7) is 7.82. The predicted octanol–water partition coefficient (Wildman–Crippen LogP) is 4.00. The molecule has 9 heteroatoms. The molecule has 1 amide bonds. The minimum Gasteiger partial charge on any atom is -0.461 e. The highest BCUT2D eigenvalue weighted by Crippen LogP contribution is 2.30. The normalized spacial score (nSPS) is 12.5. The molecule has 3 aromatic rings. The highest BCUT2D eigenvalue weighted by molar-refractivity contribution is 8.00. The summed E-state index contributed by atoms with van der Waals surface area (Å²) < 4.78 is 7.41. The Hall–Kier alpha value is -2.13. The summed E-state index contributed by atoms with van der Waals surface area (Å²) in [4.78, 5) is 16.7. The van der Waals surface area contributed by atoms with Gasteiger partial charge < -0.3 is 9.73 Å². The van der Waals surface area contributed by atoms with Gasteiger partial charge in [-0.2, -0.15) is 0 Å². The minimum atomic E-state index is -0.338. The Morgan fingerprint density at radius 1 is 1.36 bits per heavy atom. The Kier molecular flexibility index (Phi) is 5.24. The smallest absolute Gasteiger partial charge is 0.239 e. The summed E-state index contributed by atoms with van der Waals surface area (Å²) in [6.07, 6.45) is 1.60. The standard InChI is InChI=1S/C16H19N5O2S2/c1-9(2)21-13(12-6-5-7-23-12)19-20-16(21)25-11(4)14(22)18-15-17-10(3)8-24-15/h5-9,11H,1-4H3,(H,17,18,22). The van der Waals surface area contributed by atoms with E-state index in [-0.39, 0.29) is 17.2 Å². The van der Waals surface area contributed by atoms with Gasteiger partial charge in [0, 0.05) is 11.4 Å². The van der Waals surface area contributed by atoms with Crippen LogP contribution in [0.15, 0.2) is 33.3 Å². The Labute approximate surface area is 153 Å². The van der Waals surface area contributed by atoms with E-state index in [1.807, 2.05) is 49.8 Å². The predicted molar refractivity (Wildman–Crippen MR) is 98.9 cm³/mol. The molecule has 0 saturated carbocycles. The molecule has 7 nitrogen and oxygen atoms in total. The van der Waals surface area contributed by atoms with Crippen molar-refractivity contribution in [1.82, 2.24) is 19.7 Å². The molecule has 0 bridgehead atoms. The van der Waals surface area contributed by atoms with Gasteiger partial charge in [0.25, 0.3) is 0 Å². The van der Waals surface area contributed by atoms with Crippen LogP contribution in [0.1, 0.15) is 32.5 Å². The van der Waals surface area contributed by atoms with Gasteiger partial charge in [0.1, 0.15) is 0 Å². The number of hydrogen-bond acceptors (Lipinski definition) is 7. The number of amides is 1. The molecule has 3 heterocycles. The van der Waals surface area contributed by atoms with E-state index in [2.05, 4.69) is 20.5 Å². The Morgan fingerprint density at radius 3 is 2.76 bits per heavy atom. The number of furan rings is 1. The number of aromatic nitrogens is 4. The molecule has 0 spiro atoms. The third kappa shape index (κ3) is 3.93. The van der Waals surface area contributed by atoms with Crippen molar-refractivity contribution in [2.45, 2.75) is 44.1 Å². The quantitative estimate of drug-likeness (QED) is 0.653. The van der Waals surface area contributed by atoms with Crippen molar-refractivity contribution < 1.29 is 9.21 Å². The Morgan fingerprint density at radius 2 is 2.16 bits per heavy atom. The van der Waals surface area contributed by atoms with Crippen LogP contribution in [0.4, 0.5) is 5.13 Å². The van der Waals surface area contributed by atoms with Gasteiger partial charge in [-0.3, -0.25) is 9.36 Å². The second-order valence-electron chi connectivity index (χ2n) is 5.79. The fraction of sp³-hybridized carbons (Fsp3) is 0.375. The third-order valence-electron chi connectivity index (χ3n) is 3.42. The van der Waals surface area contributed by atoms with E-state index in [0.717, 1.165) is 5.69 Å². The van der Waals surface area contributed by atoms with Crippen LogP contribution in [-0.2, 0) is 4.79 Å². The number of carbonyl (C=O) groups is 1. The maximum absolute atomic E-state index is 12.4. The van der Waals surface area contributed by atoms with E-state index < -0.39 is 0 Å². The maximum atomic E-state index is 12.4. The van der Waals surface area contributed by atoms with Crippen molar-refractivity contribution in [3.63, 3.8) is 0 Å². The van der Waals surface area contributed by atoms with Crippen LogP contribution in [0.5, 0.6) is 0 Å². The molecule has 3 aromatic heterocycles. The highest BCUT2D eigenvalue weighted by atomic mass is 32.2. The van der Waals surface area contributed by atoms with Gasteiger partial charge in [0.2, 0.25) is 11.7 Å². The topological polar surface area (TPSA) is 85.8 Å². The van der Waals surface area contributed by atoms with Crippen molar-refractivity contribution in [2.75, 3.05) is 5.32 Å². The summed E-state index contributed by atoms with van der Waals surface area (Å²) >= 11 is 2.78. The lowest BCUT2D eigenvalue weighted by Crippen LogP contribution is -2.23. The lowest BCUT2D eigenvalue weighted by atomic mass is 10.3. The summed E-state index contributed by atoms with van der Waals surface area (Å²) in [5.41, 5.74) is 0.892. The van der Waals surface area contributed by atoms with Crippen LogP contribution in [0, 0.1) is 6.92 Å². The highest BCUT2D eigenvalue weighted by Gasteiger charge is 2.23. The molecule has 0 aliphatic rings. The minimum absolute atomic E-state index is 0.114. The van der Waals surface area contributed by atoms with Crippen LogP contribution in [0.2, 0.25) is 0 Å². The molecule has 0 fully saturated rings. The number of thiazole rings is 1. The fourth-order valence-corrected chi connectivity index (χ4v) is 3.90. The van der Waals surface area contributed by atoms with Crippen LogP contribution in [0.25, 0.3) is 11.6 Å². The molecule has 1 unspecified atom stereocenters. The first-order chi connectivity index (χ1) is 12.0. The van der Waals surface area contributed by atoms with Gasteiger partial charge in [-0.25, -0.2) is 4.98 Å².